The summed E-state index contributed by atoms with van der Waals surface area (Å²) in [4.78, 5) is 12.3. The molecular weight excluding hydrogens is 314 g/mol. The number of aromatic nitrogens is 1. The van der Waals surface area contributed by atoms with Crippen molar-refractivity contribution in [3.63, 3.8) is 0 Å². The zero-order chi connectivity index (χ0) is 15.0. The van der Waals surface area contributed by atoms with Crippen LogP contribution in [0.5, 0.6) is 0 Å². The van der Waals surface area contributed by atoms with E-state index in [0.717, 1.165) is 38.5 Å². The Bertz CT molecular complexity index is 642. The third-order valence-electron chi connectivity index (χ3n) is 4.08. The van der Waals surface area contributed by atoms with Crippen LogP contribution in [0, 0.1) is 0 Å². The van der Waals surface area contributed by atoms with Crippen molar-refractivity contribution < 1.29 is 17.9 Å². The summed E-state index contributed by atoms with van der Waals surface area (Å²) in [6.07, 6.45) is 8.38. The van der Waals surface area contributed by atoms with Gasteiger partial charge in [0.15, 0.2) is 0 Å². The van der Waals surface area contributed by atoms with Gasteiger partial charge in [-0.25, -0.2) is 13.2 Å². The SMILES string of the molecule is O=C(OC1CCCCC1)c1cc(S(=O)(=O)Cl)cn1C1CC1. The van der Waals surface area contributed by atoms with Crippen LogP contribution in [0.15, 0.2) is 17.2 Å². The first-order valence-corrected chi connectivity index (χ1v) is 9.63. The largest absolute Gasteiger partial charge is 0.458 e. The number of halogens is 1. The number of rotatable bonds is 4. The van der Waals surface area contributed by atoms with E-state index < -0.39 is 15.0 Å². The molecule has 2 aliphatic carbocycles. The van der Waals surface area contributed by atoms with E-state index in [1.807, 2.05) is 0 Å². The van der Waals surface area contributed by atoms with E-state index in [2.05, 4.69) is 0 Å². The second kappa shape index (κ2) is 5.65. The highest BCUT2D eigenvalue weighted by atomic mass is 35.7. The van der Waals surface area contributed by atoms with Crippen LogP contribution < -0.4 is 0 Å². The van der Waals surface area contributed by atoms with E-state index in [0.29, 0.717) is 5.69 Å². The molecule has 0 atom stereocenters. The minimum atomic E-state index is -3.83. The first kappa shape index (κ1) is 14.9. The molecule has 1 aromatic rings. The van der Waals surface area contributed by atoms with E-state index >= 15 is 0 Å². The topological polar surface area (TPSA) is 65.4 Å². The number of hydrogen-bond donors (Lipinski definition) is 0. The quantitative estimate of drug-likeness (QED) is 0.627. The number of ether oxygens (including phenoxy) is 1. The highest BCUT2D eigenvalue weighted by molar-refractivity contribution is 8.13. The number of hydrogen-bond acceptors (Lipinski definition) is 4. The summed E-state index contributed by atoms with van der Waals surface area (Å²) in [6.45, 7) is 0. The van der Waals surface area contributed by atoms with E-state index in [1.54, 1.807) is 4.57 Å². The van der Waals surface area contributed by atoms with Gasteiger partial charge in [-0.05, 0) is 44.6 Å². The number of carbonyl (C=O) groups is 1. The fraction of sp³-hybridized carbons (Fsp3) is 0.643. The van der Waals surface area contributed by atoms with Crippen LogP contribution in [-0.2, 0) is 13.8 Å². The minimum Gasteiger partial charge on any atom is -0.458 e. The van der Waals surface area contributed by atoms with Gasteiger partial charge in [0, 0.05) is 22.9 Å². The Morgan fingerprint density at radius 1 is 1.19 bits per heavy atom. The summed E-state index contributed by atoms with van der Waals surface area (Å²) < 4.78 is 30.1. The molecule has 0 aromatic carbocycles. The molecule has 1 aromatic heterocycles. The number of carbonyl (C=O) groups excluding carboxylic acids is 1. The minimum absolute atomic E-state index is 0.0355. The molecule has 2 fully saturated rings. The van der Waals surface area contributed by atoms with Crippen molar-refractivity contribution in [3.8, 4) is 0 Å². The van der Waals surface area contributed by atoms with Crippen LogP contribution in [0.25, 0.3) is 0 Å². The molecular formula is C14H18ClNO4S. The van der Waals surface area contributed by atoms with E-state index in [1.165, 1.54) is 18.7 Å². The summed E-state index contributed by atoms with van der Waals surface area (Å²) in [6, 6.07) is 1.51. The zero-order valence-corrected chi connectivity index (χ0v) is 13.2. The fourth-order valence-electron chi connectivity index (χ4n) is 2.80. The first-order chi connectivity index (χ1) is 9.95. The van der Waals surface area contributed by atoms with Crippen molar-refractivity contribution >= 4 is 25.7 Å². The van der Waals surface area contributed by atoms with Crippen molar-refractivity contribution in [2.45, 2.75) is 62.0 Å². The maximum Gasteiger partial charge on any atom is 0.355 e. The molecule has 21 heavy (non-hydrogen) atoms. The van der Waals surface area contributed by atoms with E-state index in [4.69, 9.17) is 15.4 Å². The van der Waals surface area contributed by atoms with Gasteiger partial charge in [0.2, 0.25) is 0 Å². The molecule has 1 heterocycles. The predicted molar refractivity (Wildman–Crippen MR) is 78.0 cm³/mol. The fourth-order valence-corrected chi connectivity index (χ4v) is 3.55. The van der Waals surface area contributed by atoms with Gasteiger partial charge < -0.3 is 9.30 Å². The van der Waals surface area contributed by atoms with Crippen molar-refractivity contribution in [3.05, 3.63) is 18.0 Å². The molecule has 0 spiro atoms. The molecule has 0 bridgehead atoms. The van der Waals surface area contributed by atoms with Gasteiger partial charge in [-0.15, -0.1) is 0 Å². The molecule has 5 nitrogen and oxygen atoms in total. The van der Waals surface area contributed by atoms with Crippen LogP contribution in [0.4, 0.5) is 0 Å². The number of nitrogens with zero attached hydrogens (tertiary/aromatic N) is 1. The highest BCUT2D eigenvalue weighted by Gasteiger charge is 2.31. The predicted octanol–water partition coefficient (Wildman–Crippen LogP) is 3.24. The van der Waals surface area contributed by atoms with Crippen LogP contribution in [0.2, 0.25) is 0 Å². The summed E-state index contributed by atoms with van der Waals surface area (Å²) in [5.74, 6) is -0.444. The van der Waals surface area contributed by atoms with Crippen molar-refractivity contribution in [2.75, 3.05) is 0 Å². The van der Waals surface area contributed by atoms with Gasteiger partial charge in [0.1, 0.15) is 16.7 Å². The molecule has 2 saturated carbocycles. The maximum absolute atomic E-state index is 12.3. The Hall–Kier alpha value is -1.01. The van der Waals surface area contributed by atoms with Crippen molar-refractivity contribution in [1.29, 1.82) is 0 Å². The molecule has 0 aliphatic heterocycles. The molecule has 0 N–H and O–H groups in total. The second-order valence-corrected chi connectivity index (χ2v) is 8.37. The average Bonchev–Trinajstić information content (AvgIpc) is 3.16. The zero-order valence-electron chi connectivity index (χ0n) is 11.6. The van der Waals surface area contributed by atoms with Gasteiger partial charge in [0.25, 0.3) is 9.05 Å². The smallest absolute Gasteiger partial charge is 0.355 e. The Morgan fingerprint density at radius 3 is 2.43 bits per heavy atom. The van der Waals surface area contributed by atoms with Crippen molar-refractivity contribution in [1.82, 2.24) is 4.57 Å². The molecule has 0 saturated heterocycles. The average molecular weight is 332 g/mol. The summed E-state index contributed by atoms with van der Waals surface area (Å²) in [5, 5.41) is 0. The summed E-state index contributed by atoms with van der Waals surface area (Å²) >= 11 is 0. The van der Waals surface area contributed by atoms with E-state index in [-0.39, 0.29) is 17.0 Å². The third kappa shape index (κ3) is 3.43. The van der Waals surface area contributed by atoms with Crippen molar-refractivity contribution in [2.24, 2.45) is 0 Å². The van der Waals surface area contributed by atoms with Crippen LogP contribution in [0.3, 0.4) is 0 Å². The Kier molecular flexibility index (Phi) is 4.01. The van der Waals surface area contributed by atoms with Gasteiger partial charge in [-0.1, -0.05) is 6.42 Å². The number of esters is 1. The Labute approximate surface area is 128 Å². The molecule has 0 amide bonds. The Balaban J connectivity index is 1.82. The summed E-state index contributed by atoms with van der Waals surface area (Å²) in [5.41, 5.74) is 0.294. The molecule has 2 aliphatic rings. The van der Waals surface area contributed by atoms with Crippen LogP contribution >= 0.6 is 10.7 Å². The lowest BCUT2D eigenvalue weighted by atomic mass is 9.98. The first-order valence-electron chi connectivity index (χ1n) is 7.32. The Morgan fingerprint density at radius 2 is 1.86 bits per heavy atom. The standard InChI is InChI=1S/C14H18ClNO4S/c15-21(18,19)12-8-13(16(9-12)10-6-7-10)14(17)20-11-4-2-1-3-5-11/h8-11H,1-7H2. The van der Waals surface area contributed by atoms with Crippen LogP contribution in [0.1, 0.15) is 61.5 Å². The molecule has 3 rings (SSSR count). The second-order valence-electron chi connectivity index (χ2n) is 5.80. The normalized spacial score (nSPS) is 20.4. The third-order valence-corrected chi connectivity index (χ3v) is 5.40. The van der Waals surface area contributed by atoms with E-state index in [9.17, 15) is 13.2 Å². The van der Waals surface area contributed by atoms with Crippen LogP contribution in [-0.4, -0.2) is 25.1 Å². The molecule has 7 heteroatoms. The molecule has 0 radical (unpaired) electrons. The monoisotopic (exact) mass is 331 g/mol. The molecule has 0 unspecified atom stereocenters. The van der Waals surface area contributed by atoms with Gasteiger partial charge in [-0.2, -0.15) is 0 Å². The summed E-state index contributed by atoms with van der Waals surface area (Å²) in [7, 11) is 1.54. The van der Waals surface area contributed by atoms with Gasteiger partial charge >= 0.3 is 5.97 Å². The maximum atomic E-state index is 12.3. The lowest BCUT2D eigenvalue weighted by Crippen LogP contribution is -2.22. The lowest BCUT2D eigenvalue weighted by molar-refractivity contribution is 0.0199. The van der Waals surface area contributed by atoms with Gasteiger partial charge in [-0.3, -0.25) is 0 Å². The van der Waals surface area contributed by atoms with Gasteiger partial charge in [0.05, 0.1) is 0 Å². The highest BCUT2D eigenvalue weighted by Crippen LogP contribution is 2.38. The molecule has 116 valence electrons. The lowest BCUT2D eigenvalue weighted by Gasteiger charge is -2.22.